The highest BCUT2D eigenvalue weighted by molar-refractivity contribution is 8.03. The molecule has 31 heavy (non-hydrogen) atoms. The monoisotopic (exact) mass is 438 g/mol. The van der Waals surface area contributed by atoms with E-state index < -0.39 is 11.4 Å². The Hall–Kier alpha value is -2.99. The van der Waals surface area contributed by atoms with Crippen molar-refractivity contribution in [1.29, 1.82) is 0 Å². The molecule has 0 saturated carbocycles. The van der Waals surface area contributed by atoms with Gasteiger partial charge in [0.1, 0.15) is 11.5 Å². The molecule has 0 aromatic heterocycles. The van der Waals surface area contributed by atoms with Crippen molar-refractivity contribution in [3.63, 3.8) is 0 Å². The van der Waals surface area contributed by atoms with Crippen LogP contribution in [0.3, 0.4) is 0 Å². The Morgan fingerprint density at radius 1 is 1.00 bits per heavy atom. The lowest BCUT2D eigenvalue weighted by Crippen LogP contribution is -2.38. The Morgan fingerprint density at radius 3 is 2.29 bits per heavy atom. The largest absolute Gasteiger partial charge is 0.497 e. The first-order valence-electron chi connectivity index (χ1n) is 9.83. The van der Waals surface area contributed by atoms with Crippen molar-refractivity contribution in [3.8, 4) is 11.5 Å². The van der Waals surface area contributed by atoms with Crippen molar-refractivity contribution in [2.45, 2.75) is 38.0 Å². The molecule has 0 saturated heterocycles. The summed E-state index contributed by atoms with van der Waals surface area (Å²) in [4.78, 5) is 26.8. The van der Waals surface area contributed by atoms with E-state index in [1.54, 1.807) is 38.5 Å². The fourth-order valence-electron chi connectivity index (χ4n) is 3.93. The van der Waals surface area contributed by atoms with Gasteiger partial charge in [-0.1, -0.05) is 30.0 Å². The van der Waals surface area contributed by atoms with E-state index in [2.05, 4.69) is 0 Å². The minimum Gasteiger partial charge on any atom is -0.497 e. The quantitative estimate of drug-likeness (QED) is 0.629. The van der Waals surface area contributed by atoms with E-state index in [4.69, 9.17) is 9.47 Å². The summed E-state index contributed by atoms with van der Waals surface area (Å²) in [6.45, 7) is 7.56. The van der Waals surface area contributed by atoms with Crippen LogP contribution in [0.2, 0.25) is 0 Å². The molecular weight excluding hydrogens is 412 g/mol. The average molecular weight is 439 g/mol. The number of ether oxygens (including phenoxy) is 2. The summed E-state index contributed by atoms with van der Waals surface area (Å²) in [7, 11) is 3.15. The van der Waals surface area contributed by atoms with Crippen LogP contribution in [0.5, 0.6) is 11.5 Å². The standard InChI is InChI=1S/C25H26O5S/c1-14-15(2)23(26)25(4,19-12-11-17(29-5)13-20(19)30-6)16(3)22(14)31-21-10-8-7-9-18(21)24(27)28/h7-13H,1-6H3,(H,27,28). The van der Waals surface area contributed by atoms with Gasteiger partial charge in [-0.2, -0.15) is 0 Å². The molecule has 3 rings (SSSR count). The smallest absolute Gasteiger partial charge is 0.336 e. The molecule has 162 valence electrons. The number of carbonyl (C=O) groups is 2. The van der Waals surface area contributed by atoms with E-state index in [-0.39, 0.29) is 11.3 Å². The Kier molecular flexibility index (Phi) is 6.32. The lowest BCUT2D eigenvalue weighted by atomic mass is 9.67. The van der Waals surface area contributed by atoms with Crippen LogP contribution < -0.4 is 9.47 Å². The molecule has 6 heteroatoms. The number of allylic oxidation sites excluding steroid dienone is 3. The summed E-state index contributed by atoms with van der Waals surface area (Å²) >= 11 is 1.38. The fraction of sp³-hybridized carbons (Fsp3) is 0.280. The van der Waals surface area contributed by atoms with Crippen molar-refractivity contribution in [1.82, 2.24) is 0 Å². The minimum absolute atomic E-state index is 0.00170. The van der Waals surface area contributed by atoms with Gasteiger partial charge in [0.2, 0.25) is 0 Å². The number of aromatic carboxylic acids is 1. The summed E-state index contributed by atoms with van der Waals surface area (Å²) in [5, 5.41) is 9.60. The zero-order valence-electron chi connectivity index (χ0n) is 18.5. The molecule has 0 spiro atoms. The van der Waals surface area contributed by atoms with Crippen molar-refractivity contribution in [2.24, 2.45) is 0 Å². The van der Waals surface area contributed by atoms with Crippen LogP contribution in [0.4, 0.5) is 0 Å². The molecule has 2 aromatic carbocycles. The maximum atomic E-state index is 13.6. The maximum Gasteiger partial charge on any atom is 0.336 e. The summed E-state index contributed by atoms with van der Waals surface area (Å²) in [6.07, 6.45) is 0. The number of Topliss-reactive ketones (excluding diaryl/α,β-unsaturated/α-hetero) is 1. The van der Waals surface area contributed by atoms with Crippen LogP contribution in [0, 0.1) is 0 Å². The lowest BCUT2D eigenvalue weighted by Gasteiger charge is -2.37. The van der Waals surface area contributed by atoms with E-state index in [9.17, 15) is 14.7 Å². The Balaban J connectivity index is 2.23. The highest BCUT2D eigenvalue weighted by Gasteiger charge is 2.44. The summed E-state index contributed by atoms with van der Waals surface area (Å²) in [5.74, 6) is 0.229. The van der Waals surface area contributed by atoms with Gasteiger partial charge < -0.3 is 14.6 Å². The molecular formula is C25H26O5S. The third-order valence-corrected chi connectivity index (χ3v) is 7.46. The van der Waals surface area contributed by atoms with Gasteiger partial charge in [0, 0.05) is 21.4 Å². The highest BCUT2D eigenvalue weighted by Crippen LogP contribution is 2.50. The van der Waals surface area contributed by atoms with Crippen LogP contribution in [0.1, 0.15) is 43.6 Å². The molecule has 5 nitrogen and oxygen atoms in total. The molecule has 0 amide bonds. The first-order chi connectivity index (χ1) is 14.7. The number of methoxy groups -OCH3 is 2. The molecule has 2 aromatic rings. The van der Waals surface area contributed by atoms with Crippen molar-refractivity contribution in [2.75, 3.05) is 14.2 Å². The van der Waals surface area contributed by atoms with E-state index >= 15 is 0 Å². The fourth-order valence-corrected chi connectivity index (χ4v) is 5.22. The van der Waals surface area contributed by atoms with Gasteiger partial charge in [-0.25, -0.2) is 4.79 Å². The van der Waals surface area contributed by atoms with Crippen LogP contribution in [-0.2, 0) is 10.2 Å². The first kappa shape index (κ1) is 22.7. The SMILES string of the molecule is COc1ccc(C2(C)C(=O)C(C)=C(C)C(Sc3ccccc3C(=O)O)=C2C)c(OC)c1. The molecule has 1 atom stereocenters. The van der Waals surface area contributed by atoms with Gasteiger partial charge in [0.05, 0.1) is 25.2 Å². The topological polar surface area (TPSA) is 72.8 Å². The number of benzene rings is 2. The second-order valence-electron chi connectivity index (χ2n) is 7.63. The van der Waals surface area contributed by atoms with E-state index in [1.807, 2.05) is 45.9 Å². The van der Waals surface area contributed by atoms with Gasteiger partial charge >= 0.3 is 5.97 Å². The van der Waals surface area contributed by atoms with Crippen LogP contribution in [0.25, 0.3) is 0 Å². The number of carboxylic acids is 1. The summed E-state index contributed by atoms with van der Waals surface area (Å²) in [5.41, 5.74) is 2.39. The average Bonchev–Trinajstić information content (AvgIpc) is 2.78. The molecule has 1 aliphatic carbocycles. The number of thioether (sulfide) groups is 1. The van der Waals surface area contributed by atoms with Gasteiger partial charge in [-0.3, -0.25) is 4.79 Å². The number of hydrogen-bond donors (Lipinski definition) is 1. The predicted molar refractivity (Wildman–Crippen MR) is 122 cm³/mol. The Bertz CT molecular complexity index is 1130. The maximum absolute atomic E-state index is 13.6. The molecule has 1 N–H and O–H groups in total. The van der Waals surface area contributed by atoms with E-state index in [1.165, 1.54) is 11.8 Å². The molecule has 0 bridgehead atoms. The first-order valence-corrected chi connectivity index (χ1v) is 10.6. The molecule has 0 aliphatic heterocycles. The number of ketones is 1. The third-order valence-electron chi connectivity index (χ3n) is 6.07. The normalized spacial score (nSPS) is 19.0. The summed E-state index contributed by atoms with van der Waals surface area (Å²) in [6, 6.07) is 12.4. The predicted octanol–water partition coefficient (Wildman–Crippen LogP) is 5.65. The van der Waals surface area contributed by atoms with Gasteiger partial charge in [-0.05, 0) is 62.6 Å². The molecule has 1 aliphatic rings. The number of rotatable bonds is 6. The number of carboxylic acid groups (broad SMARTS) is 1. The van der Waals surface area contributed by atoms with Crippen molar-refractivity contribution in [3.05, 3.63) is 75.2 Å². The summed E-state index contributed by atoms with van der Waals surface area (Å²) < 4.78 is 10.9. The zero-order chi connectivity index (χ0) is 22.9. The van der Waals surface area contributed by atoms with Gasteiger partial charge in [0.25, 0.3) is 0 Å². The van der Waals surface area contributed by atoms with Crippen molar-refractivity contribution < 1.29 is 24.2 Å². The second kappa shape index (κ2) is 8.63. The Morgan fingerprint density at radius 2 is 1.68 bits per heavy atom. The number of hydrogen-bond acceptors (Lipinski definition) is 5. The van der Waals surface area contributed by atoms with Gasteiger partial charge in [-0.15, -0.1) is 0 Å². The molecule has 0 heterocycles. The highest BCUT2D eigenvalue weighted by atomic mass is 32.2. The molecule has 0 fully saturated rings. The lowest BCUT2D eigenvalue weighted by molar-refractivity contribution is -0.119. The van der Waals surface area contributed by atoms with Crippen LogP contribution >= 0.6 is 11.8 Å². The molecule has 1 unspecified atom stereocenters. The van der Waals surface area contributed by atoms with E-state index in [0.29, 0.717) is 22.0 Å². The van der Waals surface area contributed by atoms with Gasteiger partial charge in [0.15, 0.2) is 5.78 Å². The van der Waals surface area contributed by atoms with Crippen LogP contribution in [0.15, 0.2) is 69.0 Å². The van der Waals surface area contributed by atoms with E-state index in [0.717, 1.165) is 21.6 Å². The Labute approximate surface area is 186 Å². The number of carbonyl (C=O) groups excluding carboxylic acids is 1. The molecule has 0 radical (unpaired) electrons. The third kappa shape index (κ3) is 3.76. The zero-order valence-corrected chi connectivity index (χ0v) is 19.3. The minimum atomic E-state index is -0.980. The van der Waals surface area contributed by atoms with Crippen molar-refractivity contribution >= 4 is 23.5 Å². The second-order valence-corrected chi connectivity index (χ2v) is 8.68. The van der Waals surface area contributed by atoms with Crippen LogP contribution in [-0.4, -0.2) is 31.1 Å².